The van der Waals surface area contributed by atoms with E-state index in [4.69, 9.17) is 5.26 Å². The lowest BCUT2D eigenvalue weighted by Gasteiger charge is -1.85. The quantitative estimate of drug-likeness (QED) is 0.607. The number of hydrogen-bond donors (Lipinski definition) is 0. The van der Waals surface area contributed by atoms with Crippen molar-refractivity contribution < 1.29 is 4.39 Å². The van der Waals surface area contributed by atoms with Crippen molar-refractivity contribution in [3.63, 3.8) is 0 Å². The number of benzene rings is 1. The first-order valence-corrected chi connectivity index (χ1v) is 4.21. The molecular formula is C9H4FNS. The monoisotopic (exact) mass is 177 g/mol. The Morgan fingerprint density at radius 1 is 1.33 bits per heavy atom. The molecule has 0 aliphatic heterocycles. The standard InChI is InChI=1S/C9H4FNS/c10-9-7(5-11)6-3-1-2-4-8(6)12-9/h1-4H. The Bertz CT molecular complexity index is 467. The summed E-state index contributed by atoms with van der Waals surface area (Å²) in [5.41, 5.74) is 0.163. The smallest absolute Gasteiger partial charge is 0.194 e. The highest BCUT2D eigenvalue weighted by atomic mass is 32.1. The third-order valence-corrected chi connectivity index (χ3v) is 2.62. The molecule has 0 saturated carbocycles. The van der Waals surface area contributed by atoms with E-state index < -0.39 is 5.13 Å². The van der Waals surface area contributed by atoms with Gasteiger partial charge in [0.1, 0.15) is 11.6 Å². The Balaban J connectivity index is 2.93. The molecule has 58 valence electrons. The minimum absolute atomic E-state index is 0.163. The average Bonchev–Trinajstić information content (AvgIpc) is 2.40. The molecule has 1 heterocycles. The molecule has 0 aliphatic rings. The van der Waals surface area contributed by atoms with Gasteiger partial charge < -0.3 is 0 Å². The maximum absolute atomic E-state index is 13.0. The molecule has 0 radical (unpaired) electrons. The first kappa shape index (κ1) is 7.26. The summed E-state index contributed by atoms with van der Waals surface area (Å²) in [5, 5.41) is 8.94. The van der Waals surface area contributed by atoms with Crippen LogP contribution in [0, 0.1) is 16.5 Å². The number of fused-ring (bicyclic) bond motifs is 1. The lowest BCUT2D eigenvalue weighted by atomic mass is 10.2. The van der Waals surface area contributed by atoms with E-state index in [1.807, 2.05) is 18.2 Å². The van der Waals surface area contributed by atoms with E-state index in [2.05, 4.69) is 0 Å². The summed E-state index contributed by atoms with van der Waals surface area (Å²) in [5.74, 6) is 0. The first-order valence-electron chi connectivity index (χ1n) is 3.40. The van der Waals surface area contributed by atoms with Crippen LogP contribution < -0.4 is 0 Å². The topological polar surface area (TPSA) is 23.8 Å². The summed E-state index contributed by atoms with van der Waals surface area (Å²) in [6.07, 6.45) is 0. The van der Waals surface area contributed by atoms with Crippen molar-refractivity contribution in [3.8, 4) is 6.07 Å². The zero-order valence-electron chi connectivity index (χ0n) is 6.04. The van der Waals surface area contributed by atoms with Crippen molar-refractivity contribution in [1.82, 2.24) is 0 Å². The minimum atomic E-state index is -0.390. The summed E-state index contributed by atoms with van der Waals surface area (Å²) in [7, 11) is 0. The van der Waals surface area contributed by atoms with Crippen LogP contribution in [-0.4, -0.2) is 0 Å². The van der Waals surface area contributed by atoms with Gasteiger partial charge in [0.15, 0.2) is 5.13 Å². The Kier molecular flexibility index (Phi) is 1.56. The Labute approximate surface area is 72.7 Å². The fourth-order valence-electron chi connectivity index (χ4n) is 1.12. The number of rotatable bonds is 0. The lowest BCUT2D eigenvalue weighted by Crippen LogP contribution is -1.72. The second-order valence-corrected chi connectivity index (χ2v) is 3.36. The first-order chi connectivity index (χ1) is 5.83. The van der Waals surface area contributed by atoms with E-state index in [0.717, 1.165) is 16.0 Å². The molecule has 0 aliphatic carbocycles. The summed E-state index contributed by atoms with van der Waals surface area (Å²) in [6, 6.07) is 9.05. The van der Waals surface area contributed by atoms with Gasteiger partial charge in [-0.3, -0.25) is 0 Å². The van der Waals surface area contributed by atoms with Crippen LogP contribution >= 0.6 is 11.3 Å². The van der Waals surface area contributed by atoms with Gasteiger partial charge >= 0.3 is 0 Å². The van der Waals surface area contributed by atoms with Crippen LogP contribution in [0.3, 0.4) is 0 Å². The van der Waals surface area contributed by atoms with Crippen molar-refractivity contribution in [2.45, 2.75) is 0 Å². The maximum Gasteiger partial charge on any atom is 0.195 e. The molecule has 0 N–H and O–H groups in total. The second kappa shape index (κ2) is 2.58. The SMILES string of the molecule is N#Cc1c(F)sc2ccccc12. The Morgan fingerprint density at radius 2 is 2.08 bits per heavy atom. The van der Waals surface area contributed by atoms with E-state index in [9.17, 15) is 4.39 Å². The molecule has 12 heavy (non-hydrogen) atoms. The van der Waals surface area contributed by atoms with E-state index in [1.54, 1.807) is 12.1 Å². The molecule has 1 aromatic carbocycles. The molecule has 2 rings (SSSR count). The molecule has 0 amide bonds. The van der Waals surface area contributed by atoms with Crippen molar-refractivity contribution in [3.05, 3.63) is 35.0 Å². The molecule has 0 atom stereocenters. The maximum atomic E-state index is 13.0. The number of thiophene rings is 1. The molecule has 2 aromatic rings. The van der Waals surface area contributed by atoms with Crippen LogP contribution in [0.2, 0.25) is 0 Å². The molecule has 1 nitrogen and oxygen atoms in total. The van der Waals surface area contributed by atoms with Gasteiger partial charge in [0.25, 0.3) is 0 Å². The zero-order valence-corrected chi connectivity index (χ0v) is 6.86. The van der Waals surface area contributed by atoms with Gasteiger partial charge in [-0.25, -0.2) is 0 Å². The molecule has 1 aromatic heterocycles. The van der Waals surface area contributed by atoms with E-state index in [-0.39, 0.29) is 5.56 Å². The summed E-state index contributed by atoms with van der Waals surface area (Å²) in [6.45, 7) is 0. The lowest BCUT2D eigenvalue weighted by molar-refractivity contribution is 0.655. The van der Waals surface area contributed by atoms with E-state index in [0.29, 0.717) is 5.39 Å². The van der Waals surface area contributed by atoms with Gasteiger partial charge in [0.05, 0.1) is 0 Å². The number of nitriles is 1. The highest BCUT2D eigenvalue weighted by Crippen LogP contribution is 2.28. The third kappa shape index (κ3) is 0.892. The molecular weight excluding hydrogens is 173 g/mol. The van der Waals surface area contributed by atoms with Gasteiger partial charge in [-0.1, -0.05) is 18.2 Å². The van der Waals surface area contributed by atoms with Crippen molar-refractivity contribution in [2.75, 3.05) is 0 Å². The van der Waals surface area contributed by atoms with Crippen LogP contribution in [0.1, 0.15) is 5.56 Å². The molecule has 0 unspecified atom stereocenters. The molecule has 0 bridgehead atoms. The minimum Gasteiger partial charge on any atom is -0.194 e. The zero-order chi connectivity index (χ0) is 8.55. The van der Waals surface area contributed by atoms with E-state index in [1.165, 1.54) is 0 Å². The highest BCUT2D eigenvalue weighted by Gasteiger charge is 2.09. The number of halogens is 1. The van der Waals surface area contributed by atoms with Gasteiger partial charge in [-0.15, -0.1) is 11.3 Å². The predicted octanol–water partition coefficient (Wildman–Crippen LogP) is 2.91. The summed E-state index contributed by atoms with van der Waals surface area (Å²) in [4.78, 5) is 0. The summed E-state index contributed by atoms with van der Waals surface area (Å²) < 4.78 is 13.8. The Hall–Kier alpha value is -1.40. The average molecular weight is 177 g/mol. The molecule has 3 heteroatoms. The van der Waals surface area contributed by atoms with E-state index >= 15 is 0 Å². The molecule has 0 spiro atoms. The van der Waals surface area contributed by atoms with Crippen LogP contribution in [0.5, 0.6) is 0 Å². The summed E-state index contributed by atoms with van der Waals surface area (Å²) >= 11 is 1.01. The van der Waals surface area contributed by atoms with Crippen molar-refractivity contribution >= 4 is 21.4 Å². The predicted molar refractivity (Wildman–Crippen MR) is 46.5 cm³/mol. The second-order valence-electron chi connectivity index (χ2n) is 2.36. The van der Waals surface area contributed by atoms with Gasteiger partial charge in [0.2, 0.25) is 0 Å². The normalized spacial score (nSPS) is 10.0. The molecule has 0 fully saturated rings. The fourth-order valence-corrected chi connectivity index (χ4v) is 2.00. The van der Waals surface area contributed by atoms with Gasteiger partial charge in [-0.2, -0.15) is 9.65 Å². The van der Waals surface area contributed by atoms with Crippen LogP contribution in [0.25, 0.3) is 10.1 Å². The van der Waals surface area contributed by atoms with Crippen LogP contribution in [-0.2, 0) is 0 Å². The number of hydrogen-bond acceptors (Lipinski definition) is 2. The Morgan fingerprint density at radius 3 is 2.83 bits per heavy atom. The van der Waals surface area contributed by atoms with Crippen LogP contribution in [0.15, 0.2) is 24.3 Å². The van der Waals surface area contributed by atoms with Crippen molar-refractivity contribution in [2.24, 2.45) is 0 Å². The van der Waals surface area contributed by atoms with Gasteiger partial charge in [0, 0.05) is 10.1 Å². The number of nitrogens with zero attached hydrogens (tertiary/aromatic N) is 1. The van der Waals surface area contributed by atoms with Crippen LogP contribution in [0.4, 0.5) is 4.39 Å². The third-order valence-electron chi connectivity index (χ3n) is 1.66. The van der Waals surface area contributed by atoms with Crippen molar-refractivity contribution in [1.29, 1.82) is 5.26 Å². The van der Waals surface area contributed by atoms with Gasteiger partial charge in [-0.05, 0) is 6.07 Å². The largest absolute Gasteiger partial charge is 0.195 e. The fraction of sp³-hybridized carbons (Fsp3) is 0. The molecule has 0 saturated heterocycles. The highest BCUT2D eigenvalue weighted by molar-refractivity contribution is 7.17.